The van der Waals surface area contributed by atoms with Crippen LogP contribution in [0.5, 0.6) is 0 Å². The highest BCUT2D eigenvalue weighted by Gasteiger charge is 2.33. The van der Waals surface area contributed by atoms with Crippen LogP contribution in [0.15, 0.2) is 22.7 Å². The largest absolute Gasteiger partial charge is 0.467 e. The molecule has 0 saturated carbocycles. The number of amides is 1. The summed E-state index contributed by atoms with van der Waals surface area (Å²) in [5.41, 5.74) is 1.67. The second-order valence-electron chi connectivity index (χ2n) is 5.00. The lowest BCUT2D eigenvalue weighted by Crippen LogP contribution is -2.48. The number of likely N-dealkylation sites (tertiary alicyclic amines) is 1. The number of hydrogen-bond acceptors (Lipinski definition) is 3. The zero-order valence-electron chi connectivity index (χ0n) is 11.7. The maximum absolute atomic E-state index is 12.6. The first kappa shape index (κ1) is 15.0. The summed E-state index contributed by atoms with van der Waals surface area (Å²) < 4.78 is 5.70. The fourth-order valence-corrected chi connectivity index (χ4v) is 2.83. The predicted octanol–water partition coefficient (Wildman–Crippen LogP) is 2.93. The Bertz CT molecular complexity index is 530. The van der Waals surface area contributed by atoms with Crippen LogP contribution >= 0.6 is 15.9 Å². The molecule has 1 aromatic rings. The van der Waals surface area contributed by atoms with Crippen molar-refractivity contribution >= 4 is 27.8 Å². The van der Waals surface area contributed by atoms with E-state index in [2.05, 4.69) is 15.9 Å². The zero-order valence-corrected chi connectivity index (χ0v) is 13.3. The quantitative estimate of drug-likeness (QED) is 0.778. The lowest BCUT2D eigenvalue weighted by Gasteiger charge is -2.33. The molecule has 1 aliphatic heterocycles. The number of nitrogens with zero attached hydrogens (tertiary/aromatic N) is 1. The SMILES string of the molecule is COC(=O)[C@H]1CCCCN1C(=O)c1ccc(C)c(Br)c1. The van der Waals surface area contributed by atoms with Gasteiger partial charge in [0.05, 0.1) is 7.11 Å². The lowest BCUT2D eigenvalue weighted by atomic mass is 10.0. The molecule has 4 nitrogen and oxygen atoms in total. The summed E-state index contributed by atoms with van der Waals surface area (Å²) in [6, 6.07) is 5.04. The highest BCUT2D eigenvalue weighted by atomic mass is 79.9. The normalized spacial score (nSPS) is 18.8. The van der Waals surface area contributed by atoms with Crippen LogP contribution in [-0.2, 0) is 9.53 Å². The van der Waals surface area contributed by atoms with Crippen molar-refractivity contribution in [1.82, 2.24) is 4.90 Å². The number of halogens is 1. The van der Waals surface area contributed by atoms with Gasteiger partial charge in [-0.25, -0.2) is 4.79 Å². The molecule has 0 spiro atoms. The van der Waals surface area contributed by atoms with Crippen molar-refractivity contribution in [1.29, 1.82) is 0 Å². The Balaban J connectivity index is 2.25. The van der Waals surface area contributed by atoms with Crippen LogP contribution in [0.4, 0.5) is 0 Å². The van der Waals surface area contributed by atoms with Crippen molar-refractivity contribution in [2.75, 3.05) is 13.7 Å². The third kappa shape index (κ3) is 3.03. The van der Waals surface area contributed by atoms with E-state index < -0.39 is 6.04 Å². The molecule has 0 aromatic heterocycles. The molecule has 0 radical (unpaired) electrons. The minimum absolute atomic E-state index is 0.110. The smallest absolute Gasteiger partial charge is 0.328 e. The third-order valence-corrected chi connectivity index (χ3v) is 4.51. The summed E-state index contributed by atoms with van der Waals surface area (Å²) >= 11 is 3.43. The van der Waals surface area contributed by atoms with Crippen LogP contribution in [0, 0.1) is 6.92 Å². The maximum Gasteiger partial charge on any atom is 0.328 e. The zero-order chi connectivity index (χ0) is 14.7. The van der Waals surface area contributed by atoms with E-state index in [0.717, 1.165) is 22.9 Å². The van der Waals surface area contributed by atoms with E-state index >= 15 is 0 Å². The van der Waals surface area contributed by atoms with Crippen LogP contribution in [0.2, 0.25) is 0 Å². The monoisotopic (exact) mass is 339 g/mol. The highest BCUT2D eigenvalue weighted by Crippen LogP contribution is 2.23. The fourth-order valence-electron chi connectivity index (χ4n) is 2.45. The summed E-state index contributed by atoms with van der Waals surface area (Å²) in [6.07, 6.45) is 2.54. The van der Waals surface area contributed by atoms with E-state index in [4.69, 9.17) is 4.74 Å². The number of carbonyl (C=O) groups excluding carboxylic acids is 2. The minimum Gasteiger partial charge on any atom is -0.467 e. The van der Waals surface area contributed by atoms with E-state index in [1.165, 1.54) is 7.11 Å². The lowest BCUT2D eigenvalue weighted by molar-refractivity contribution is -0.147. The summed E-state index contributed by atoms with van der Waals surface area (Å²) in [7, 11) is 1.36. The van der Waals surface area contributed by atoms with Crippen LogP contribution in [-0.4, -0.2) is 36.5 Å². The van der Waals surface area contributed by atoms with Gasteiger partial charge in [0.1, 0.15) is 6.04 Å². The summed E-state index contributed by atoms with van der Waals surface area (Å²) in [4.78, 5) is 26.0. The van der Waals surface area contributed by atoms with Gasteiger partial charge in [-0.1, -0.05) is 22.0 Å². The van der Waals surface area contributed by atoms with Gasteiger partial charge < -0.3 is 9.64 Å². The first-order valence-electron chi connectivity index (χ1n) is 6.69. The Morgan fingerprint density at radius 2 is 2.10 bits per heavy atom. The average molecular weight is 340 g/mol. The molecule has 1 aromatic carbocycles. The topological polar surface area (TPSA) is 46.6 Å². The van der Waals surface area contributed by atoms with Crippen molar-refractivity contribution in [3.05, 3.63) is 33.8 Å². The van der Waals surface area contributed by atoms with Crippen molar-refractivity contribution in [2.24, 2.45) is 0 Å². The first-order valence-corrected chi connectivity index (χ1v) is 7.49. The summed E-state index contributed by atoms with van der Waals surface area (Å²) in [5.74, 6) is -0.440. The van der Waals surface area contributed by atoms with Gasteiger partial charge in [-0.15, -0.1) is 0 Å². The van der Waals surface area contributed by atoms with E-state index in [1.54, 1.807) is 17.0 Å². The molecular formula is C15H18BrNO3. The van der Waals surface area contributed by atoms with E-state index in [0.29, 0.717) is 18.5 Å². The number of ether oxygens (including phenoxy) is 1. The van der Waals surface area contributed by atoms with Gasteiger partial charge in [0.15, 0.2) is 0 Å². The molecule has 5 heteroatoms. The molecule has 2 rings (SSSR count). The standard InChI is InChI=1S/C15H18BrNO3/c1-10-6-7-11(9-12(10)16)14(18)17-8-4-3-5-13(17)15(19)20-2/h6-7,9,13H,3-5,8H2,1-2H3/t13-/m1/s1. The second-order valence-corrected chi connectivity index (χ2v) is 5.85. The Morgan fingerprint density at radius 3 is 2.75 bits per heavy atom. The molecule has 1 heterocycles. The molecule has 20 heavy (non-hydrogen) atoms. The predicted molar refractivity (Wildman–Crippen MR) is 79.6 cm³/mol. The summed E-state index contributed by atoms with van der Waals surface area (Å²) in [5, 5.41) is 0. The highest BCUT2D eigenvalue weighted by molar-refractivity contribution is 9.10. The average Bonchev–Trinajstić information content (AvgIpc) is 2.48. The van der Waals surface area contributed by atoms with Gasteiger partial charge >= 0.3 is 5.97 Å². The molecule has 0 bridgehead atoms. The molecule has 1 saturated heterocycles. The number of methoxy groups -OCH3 is 1. The van der Waals surface area contributed by atoms with Gasteiger partial charge in [-0.2, -0.15) is 0 Å². The van der Waals surface area contributed by atoms with Gasteiger partial charge in [0.25, 0.3) is 5.91 Å². The van der Waals surface area contributed by atoms with Gasteiger partial charge in [-0.05, 0) is 43.9 Å². The van der Waals surface area contributed by atoms with E-state index in [9.17, 15) is 9.59 Å². The molecule has 1 atom stereocenters. The van der Waals surface area contributed by atoms with Crippen LogP contribution < -0.4 is 0 Å². The molecule has 1 aliphatic rings. The van der Waals surface area contributed by atoms with Crippen molar-refractivity contribution in [2.45, 2.75) is 32.2 Å². The van der Waals surface area contributed by atoms with Gasteiger partial charge in [0.2, 0.25) is 0 Å². The Labute approximate surface area is 127 Å². The third-order valence-electron chi connectivity index (χ3n) is 3.66. The van der Waals surface area contributed by atoms with Crippen LogP contribution in [0.25, 0.3) is 0 Å². The molecule has 108 valence electrons. The number of piperidine rings is 1. The number of rotatable bonds is 2. The second kappa shape index (κ2) is 6.39. The summed E-state index contributed by atoms with van der Waals surface area (Å²) in [6.45, 7) is 2.57. The number of hydrogen-bond donors (Lipinski definition) is 0. The van der Waals surface area contributed by atoms with Crippen LogP contribution in [0.3, 0.4) is 0 Å². The van der Waals surface area contributed by atoms with Crippen molar-refractivity contribution in [3.8, 4) is 0 Å². The Morgan fingerprint density at radius 1 is 1.35 bits per heavy atom. The van der Waals surface area contributed by atoms with Gasteiger partial charge in [-0.3, -0.25) is 4.79 Å². The molecular weight excluding hydrogens is 322 g/mol. The number of esters is 1. The maximum atomic E-state index is 12.6. The first-order chi connectivity index (χ1) is 9.54. The number of carbonyl (C=O) groups is 2. The van der Waals surface area contributed by atoms with E-state index in [1.807, 2.05) is 13.0 Å². The Hall–Kier alpha value is -1.36. The van der Waals surface area contributed by atoms with E-state index in [-0.39, 0.29) is 11.9 Å². The molecule has 0 aliphatic carbocycles. The fraction of sp³-hybridized carbons (Fsp3) is 0.467. The Kier molecular flexibility index (Phi) is 4.81. The number of aryl methyl sites for hydroxylation is 1. The van der Waals surface area contributed by atoms with Crippen LogP contribution in [0.1, 0.15) is 35.2 Å². The van der Waals surface area contributed by atoms with Crippen molar-refractivity contribution < 1.29 is 14.3 Å². The molecule has 0 N–H and O–H groups in total. The molecule has 0 unspecified atom stereocenters. The molecule has 1 fully saturated rings. The number of benzene rings is 1. The van der Waals surface area contributed by atoms with Crippen molar-refractivity contribution in [3.63, 3.8) is 0 Å². The molecule has 1 amide bonds. The minimum atomic E-state index is -0.457. The van der Waals surface area contributed by atoms with Gasteiger partial charge in [0, 0.05) is 16.6 Å².